The Bertz CT molecular complexity index is 1210. The second-order valence-electron chi connectivity index (χ2n) is 8.44. The number of carbonyl (C=O) groups excluding carboxylic acids is 1. The highest BCUT2D eigenvalue weighted by Gasteiger charge is 2.30. The fourth-order valence-corrected chi connectivity index (χ4v) is 4.61. The van der Waals surface area contributed by atoms with Gasteiger partial charge in [-0.15, -0.1) is 0 Å². The van der Waals surface area contributed by atoms with Crippen molar-refractivity contribution in [3.05, 3.63) is 77.4 Å². The highest BCUT2D eigenvalue weighted by Crippen LogP contribution is 2.37. The fraction of sp³-hybridized carbons (Fsp3) is 0.286. The number of amides is 1. The summed E-state index contributed by atoms with van der Waals surface area (Å²) in [5.41, 5.74) is 9.64. The van der Waals surface area contributed by atoms with Crippen LogP contribution >= 0.6 is 0 Å². The Labute approximate surface area is 205 Å². The van der Waals surface area contributed by atoms with E-state index >= 15 is 0 Å². The molecule has 4 rings (SSSR count). The normalized spacial score (nSPS) is 15.4. The first-order valence-electron chi connectivity index (χ1n) is 11.5. The van der Waals surface area contributed by atoms with Crippen molar-refractivity contribution in [1.29, 1.82) is 5.26 Å². The van der Waals surface area contributed by atoms with E-state index < -0.39 is 0 Å². The molecule has 0 spiro atoms. The van der Waals surface area contributed by atoms with Crippen LogP contribution in [0.3, 0.4) is 0 Å². The number of likely N-dealkylation sites (tertiary alicyclic amines) is 1. The van der Waals surface area contributed by atoms with Crippen LogP contribution in [0.4, 0.5) is 0 Å². The molecule has 0 aliphatic carbocycles. The maximum Gasteiger partial charge on any atom is 0.234 e. The van der Waals surface area contributed by atoms with Gasteiger partial charge in [0.25, 0.3) is 0 Å². The molecule has 180 valence electrons. The van der Waals surface area contributed by atoms with Crippen LogP contribution in [0.1, 0.15) is 29.5 Å². The van der Waals surface area contributed by atoms with Gasteiger partial charge >= 0.3 is 0 Å². The molecule has 2 N–H and O–H groups in total. The van der Waals surface area contributed by atoms with Crippen LogP contribution in [-0.2, 0) is 17.9 Å². The van der Waals surface area contributed by atoms with Gasteiger partial charge in [0.2, 0.25) is 5.91 Å². The second kappa shape index (κ2) is 10.9. The van der Waals surface area contributed by atoms with E-state index in [0.717, 1.165) is 41.6 Å². The zero-order valence-corrected chi connectivity index (χ0v) is 20.0. The number of nitrogens with zero attached hydrogens (tertiary/aromatic N) is 2. The molecule has 3 aromatic rings. The van der Waals surface area contributed by atoms with Crippen molar-refractivity contribution in [2.45, 2.75) is 32.0 Å². The van der Waals surface area contributed by atoms with Crippen LogP contribution in [0.5, 0.6) is 17.2 Å². The molecule has 1 aliphatic heterocycles. The van der Waals surface area contributed by atoms with Gasteiger partial charge in [0.1, 0.15) is 29.9 Å². The van der Waals surface area contributed by atoms with Crippen LogP contribution < -0.4 is 19.9 Å². The number of nitriles is 1. The molecule has 1 atom stereocenters. The Kier molecular flexibility index (Phi) is 7.54. The molecule has 0 radical (unpaired) electrons. The zero-order chi connectivity index (χ0) is 24.8. The van der Waals surface area contributed by atoms with E-state index in [-0.39, 0.29) is 18.6 Å². The smallest absolute Gasteiger partial charge is 0.234 e. The van der Waals surface area contributed by atoms with Gasteiger partial charge in [0, 0.05) is 24.2 Å². The summed E-state index contributed by atoms with van der Waals surface area (Å²) in [4.78, 5) is 13.9. The summed E-state index contributed by atoms with van der Waals surface area (Å²) in [6.45, 7) is 1.48. The lowest BCUT2D eigenvalue weighted by atomic mass is 9.96. The average Bonchev–Trinajstić information content (AvgIpc) is 3.36. The summed E-state index contributed by atoms with van der Waals surface area (Å²) in [5, 5.41) is 9.87. The van der Waals surface area contributed by atoms with Gasteiger partial charge in [0.15, 0.2) is 0 Å². The number of hydrogen-bond donors (Lipinski definition) is 1. The fourth-order valence-electron chi connectivity index (χ4n) is 4.61. The molecule has 0 saturated carbocycles. The van der Waals surface area contributed by atoms with Crippen molar-refractivity contribution >= 4 is 5.91 Å². The van der Waals surface area contributed by atoms with E-state index in [0.29, 0.717) is 29.4 Å². The highest BCUT2D eigenvalue weighted by atomic mass is 16.5. The maximum absolute atomic E-state index is 11.8. The molecule has 0 unspecified atom stereocenters. The maximum atomic E-state index is 11.8. The minimum Gasteiger partial charge on any atom is -0.496 e. The standard InChI is InChI=1S/C28H29N3O4/c1-33-26-14-21(15-27(34-2)24(26)17-31-13-7-12-25(31)28(30)32)35-18-20-10-6-11-22(23(20)16-29)19-8-4-3-5-9-19/h3-6,8-11,14-15,25H,7,12-13,17-18H2,1-2H3,(H2,30,32)/t25-/m0/s1. The lowest BCUT2D eigenvalue weighted by Crippen LogP contribution is -2.39. The third kappa shape index (κ3) is 5.23. The number of carbonyl (C=O) groups is 1. The molecule has 1 aliphatic rings. The average molecular weight is 472 g/mol. The van der Waals surface area contributed by atoms with Crippen LogP contribution in [-0.4, -0.2) is 37.6 Å². The number of nitrogens with two attached hydrogens (primary N) is 1. The SMILES string of the molecule is COc1cc(OCc2cccc(-c3ccccc3)c2C#N)cc(OC)c1CN1CCC[C@H]1C(N)=O. The third-order valence-corrected chi connectivity index (χ3v) is 6.38. The summed E-state index contributed by atoms with van der Waals surface area (Å²) in [7, 11) is 3.18. The quantitative estimate of drug-likeness (QED) is 0.501. The molecule has 0 bridgehead atoms. The topological polar surface area (TPSA) is 97.8 Å². The molecule has 7 nitrogen and oxygen atoms in total. The first-order chi connectivity index (χ1) is 17.0. The van der Waals surface area contributed by atoms with Gasteiger partial charge in [-0.2, -0.15) is 5.26 Å². The number of rotatable bonds is 9. The van der Waals surface area contributed by atoms with Gasteiger partial charge in [-0.05, 0) is 30.5 Å². The van der Waals surface area contributed by atoms with Crippen LogP contribution in [0.2, 0.25) is 0 Å². The molecule has 35 heavy (non-hydrogen) atoms. The Morgan fingerprint density at radius 3 is 2.43 bits per heavy atom. The molecule has 1 saturated heterocycles. The van der Waals surface area contributed by atoms with E-state index in [4.69, 9.17) is 19.9 Å². The first-order valence-corrected chi connectivity index (χ1v) is 11.5. The minimum absolute atomic E-state index is 0.213. The lowest BCUT2D eigenvalue weighted by Gasteiger charge is -2.24. The van der Waals surface area contributed by atoms with Crippen molar-refractivity contribution in [2.24, 2.45) is 5.73 Å². The molecular formula is C28H29N3O4. The third-order valence-electron chi connectivity index (χ3n) is 6.38. The largest absolute Gasteiger partial charge is 0.496 e. The molecule has 1 amide bonds. The van der Waals surface area contributed by atoms with Crippen LogP contribution in [0.15, 0.2) is 60.7 Å². The summed E-state index contributed by atoms with van der Waals surface area (Å²) in [5.74, 6) is 1.46. The minimum atomic E-state index is -0.314. The van der Waals surface area contributed by atoms with Crippen LogP contribution in [0, 0.1) is 11.3 Å². The highest BCUT2D eigenvalue weighted by molar-refractivity contribution is 5.80. The molecule has 0 aromatic heterocycles. The Morgan fingerprint density at radius 2 is 1.80 bits per heavy atom. The summed E-state index contributed by atoms with van der Waals surface area (Å²) in [6.07, 6.45) is 1.67. The molecule has 7 heteroatoms. The number of primary amides is 1. The first kappa shape index (κ1) is 24.1. The lowest BCUT2D eigenvalue weighted by molar-refractivity contribution is -0.122. The molecule has 1 fully saturated rings. The van der Waals surface area contributed by atoms with Crippen molar-refractivity contribution in [2.75, 3.05) is 20.8 Å². The summed E-state index contributed by atoms with van der Waals surface area (Å²) in [6, 6.07) is 21.2. The van der Waals surface area contributed by atoms with Gasteiger partial charge in [-0.1, -0.05) is 48.5 Å². The second-order valence-corrected chi connectivity index (χ2v) is 8.44. The monoisotopic (exact) mass is 471 g/mol. The van der Waals surface area contributed by atoms with E-state index in [1.807, 2.05) is 48.5 Å². The predicted molar refractivity (Wildman–Crippen MR) is 133 cm³/mol. The Morgan fingerprint density at radius 1 is 1.09 bits per heavy atom. The molecule has 3 aromatic carbocycles. The van der Waals surface area contributed by atoms with E-state index in [2.05, 4.69) is 11.0 Å². The van der Waals surface area contributed by atoms with Crippen molar-refractivity contribution in [1.82, 2.24) is 4.90 Å². The van der Waals surface area contributed by atoms with Crippen molar-refractivity contribution in [3.63, 3.8) is 0 Å². The number of benzene rings is 3. The van der Waals surface area contributed by atoms with Crippen LogP contribution in [0.25, 0.3) is 11.1 Å². The summed E-state index contributed by atoms with van der Waals surface area (Å²) < 4.78 is 17.4. The number of ether oxygens (including phenoxy) is 3. The number of methoxy groups -OCH3 is 2. The van der Waals surface area contributed by atoms with E-state index in [9.17, 15) is 10.1 Å². The Hall–Kier alpha value is -4.02. The van der Waals surface area contributed by atoms with Crippen molar-refractivity contribution in [3.8, 4) is 34.4 Å². The van der Waals surface area contributed by atoms with Gasteiger partial charge in [-0.3, -0.25) is 9.69 Å². The van der Waals surface area contributed by atoms with E-state index in [1.54, 1.807) is 26.4 Å². The predicted octanol–water partition coefficient (Wildman–Crippen LogP) is 4.27. The van der Waals surface area contributed by atoms with Crippen molar-refractivity contribution < 1.29 is 19.0 Å². The summed E-state index contributed by atoms with van der Waals surface area (Å²) >= 11 is 0. The van der Waals surface area contributed by atoms with Gasteiger partial charge in [0.05, 0.1) is 31.4 Å². The van der Waals surface area contributed by atoms with E-state index in [1.165, 1.54) is 0 Å². The molecule has 1 heterocycles. The van der Waals surface area contributed by atoms with Gasteiger partial charge < -0.3 is 19.9 Å². The zero-order valence-electron chi connectivity index (χ0n) is 20.0. The van der Waals surface area contributed by atoms with Gasteiger partial charge in [-0.25, -0.2) is 0 Å². The molecular weight excluding hydrogens is 442 g/mol. The number of hydrogen-bond acceptors (Lipinski definition) is 6. The Balaban J connectivity index is 1.58.